The number of benzene rings is 2. The van der Waals surface area contributed by atoms with Crippen LogP contribution in [-0.2, 0) is 10.2 Å². The summed E-state index contributed by atoms with van der Waals surface area (Å²) in [6, 6.07) is 14.4. The van der Waals surface area contributed by atoms with Crippen molar-refractivity contribution < 1.29 is 9.18 Å². The van der Waals surface area contributed by atoms with E-state index in [0.717, 1.165) is 22.2 Å². The molecule has 0 saturated carbocycles. The molecule has 3 aromatic rings. The molecule has 1 aromatic heterocycles. The highest BCUT2D eigenvalue weighted by Crippen LogP contribution is 2.46. The van der Waals surface area contributed by atoms with Crippen LogP contribution in [0.4, 0.5) is 15.8 Å². The van der Waals surface area contributed by atoms with Gasteiger partial charge < -0.3 is 0 Å². The fourth-order valence-electron chi connectivity index (χ4n) is 3.52. The number of carbonyl (C=O) groups excluding carboxylic acids is 1. The molecule has 0 saturated heterocycles. The van der Waals surface area contributed by atoms with Gasteiger partial charge >= 0.3 is 0 Å². The Balaban J connectivity index is 1.95. The number of amides is 1. The van der Waals surface area contributed by atoms with E-state index in [1.807, 2.05) is 51.1 Å². The second-order valence-electron chi connectivity index (χ2n) is 7.16. The van der Waals surface area contributed by atoms with Crippen molar-refractivity contribution in [3.63, 3.8) is 0 Å². The van der Waals surface area contributed by atoms with E-state index in [4.69, 9.17) is 0 Å². The molecule has 0 fully saturated rings. The van der Waals surface area contributed by atoms with E-state index in [2.05, 4.69) is 4.98 Å². The molecule has 0 radical (unpaired) electrons. The zero-order chi connectivity index (χ0) is 17.8. The van der Waals surface area contributed by atoms with Crippen LogP contribution in [0.3, 0.4) is 0 Å². The van der Waals surface area contributed by atoms with Crippen LogP contribution in [0.25, 0.3) is 10.9 Å². The van der Waals surface area contributed by atoms with Crippen LogP contribution in [-0.4, -0.2) is 10.9 Å². The van der Waals surface area contributed by atoms with Crippen molar-refractivity contribution >= 4 is 28.2 Å². The van der Waals surface area contributed by atoms with E-state index < -0.39 is 5.41 Å². The Labute approximate surface area is 146 Å². The van der Waals surface area contributed by atoms with Gasteiger partial charge in [-0.05, 0) is 35.9 Å². The molecule has 0 bridgehead atoms. The van der Waals surface area contributed by atoms with E-state index in [1.54, 1.807) is 23.2 Å². The number of halogens is 1. The molecule has 126 valence electrons. The van der Waals surface area contributed by atoms with E-state index in [1.165, 1.54) is 6.07 Å². The summed E-state index contributed by atoms with van der Waals surface area (Å²) in [4.78, 5) is 19.3. The molecular weight excluding hydrogens is 315 g/mol. The Morgan fingerprint density at radius 3 is 2.68 bits per heavy atom. The molecule has 0 spiro atoms. The molecule has 3 nitrogen and oxygen atoms in total. The van der Waals surface area contributed by atoms with Crippen LogP contribution in [0.15, 0.2) is 54.7 Å². The third kappa shape index (κ3) is 2.32. The lowest BCUT2D eigenvalue weighted by Gasteiger charge is -2.43. The molecule has 2 aromatic carbocycles. The summed E-state index contributed by atoms with van der Waals surface area (Å²) in [5, 5.41) is 0.967. The van der Waals surface area contributed by atoms with Crippen LogP contribution in [0.2, 0.25) is 0 Å². The van der Waals surface area contributed by atoms with Crippen molar-refractivity contribution in [2.24, 2.45) is 5.92 Å². The lowest BCUT2D eigenvalue weighted by Crippen LogP contribution is -2.46. The highest BCUT2D eigenvalue weighted by Gasteiger charge is 2.43. The summed E-state index contributed by atoms with van der Waals surface area (Å²) in [5.74, 6) is -0.556. The first kappa shape index (κ1) is 15.8. The molecule has 1 unspecified atom stereocenters. The summed E-state index contributed by atoms with van der Waals surface area (Å²) in [5.41, 5.74) is 2.72. The van der Waals surface area contributed by atoms with Gasteiger partial charge in [0, 0.05) is 16.7 Å². The normalized spacial score (nSPS) is 19.1. The summed E-state index contributed by atoms with van der Waals surface area (Å²) in [6.07, 6.45) is 1.71. The number of pyridine rings is 1. The molecule has 0 N–H and O–H groups in total. The predicted molar refractivity (Wildman–Crippen MR) is 97.5 cm³/mol. The standard InChI is InChI=1S/C21H19FN2O/c1-13-20(25)24(16-10-14-6-4-5-7-18(14)23-12-16)19-9-8-15(22)11-17(19)21(13,2)3/h4-13H,1-3H3. The first-order valence-electron chi connectivity index (χ1n) is 8.38. The van der Waals surface area contributed by atoms with Crippen LogP contribution in [0.1, 0.15) is 26.3 Å². The number of rotatable bonds is 1. The number of anilines is 2. The molecular formula is C21H19FN2O. The van der Waals surface area contributed by atoms with Crippen molar-refractivity contribution in [3.8, 4) is 0 Å². The summed E-state index contributed by atoms with van der Waals surface area (Å²) < 4.78 is 13.9. The molecule has 1 aliphatic rings. The maximum atomic E-state index is 13.9. The lowest BCUT2D eigenvalue weighted by molar-refractivity contribution is -0.123. The summed E-state index contributed by atoms with van der Waals surface area (Å²) >= 11 is 0. The van der Waals surface area contributed by atoms with Gasteiger partial charge in [-0.25, -0.2) is 4.39 Å². The highest BCUT2D eigenvalue weighted by molar-refractivity contribution is 6.06. The van der Waals surface area contributed by atoms with E-state index >= 15 is 0 Å². The number of fused-ring (bicyclic) bond motifs is 2. The number of hydrogen-bond donors (Lipinski definition) is 0. The number of hydrogen-bond acceptors (Lipinski definition) is 2. The quantitative estimate of drug-likeness (QED) is 0.630. The maximum absolute atomic E-state index is 13.9. The SMILES string of the molecule is CC1C(=O)N(c2cnc3ccccc3c2)c2ccc(F)cc2C1(C)C. The fourth-order valence-corrected chi connectivity index (χ4v) is 3.52. The zero-order valence-electron chi connectivity index (χ0n) is 14.5. The molecule has 2 heterocycles. The average Bonchev–Trinajstić information content (AvgIpc) is 2.61. The second-order valence-corrected chi connectivity index (χ2v) is 7.16. The molecule has 4 rings (SSSR count). The van der Waals surface area contributed by atoms with Crippen molar-refractivity contribution in [1.29, 1.82) is 0 Å². The predicted octanol–water partition coefficient (Wildman–Crippen LogP) is 4.97. The summed E-state index contributed by atoms with van der Waals surface area (Å²) in [7, 11) is 0. The van der Waals surface area contributed by atoms with Gasteiger partial charge in [-0.2, -0.15) is 0 Å². The lowest BCUT2D eigenvalue weighted by atomic mass is 9.70. The Hall–Kier alpha value is -2.75. The first-order chi connectivity index (χ1) is 11.9. The van der Waals surface area contributed by atoms with Gasteiger partial charge in [0.2, 0.25) is 5.91 Å². The molecule has 0 aliphatic carbocycles. The summed E-state index contributed by atoms with van der Waals surface area (Å²) in [6.45, 7) is 5.88. The number of carbonyl (C=O) groups is 1. The minimum absolute atomic E-state index is 0.00110. The van der Waals surface area contributed by atoms with Gasteiger partial charge in [-0.3, -0.25) is 14.7 Å². The largest absolute Gasteiger partial charge is 0.279 e. The van der Waals surface area contributed by atoms with Crippen molar-refractivity contribution in [3.05, 3.63) is 66.1 Å². The number of nitrogens with zero attached hydrogens (tertiary/aromatic N) is 2. The van der Waals surface area contributed by atoms with Gasteiger partial charge in [0.15, 0.2) is 0 Å². The van der Waals surface area contributed by atoms with E-state index in [9.17, 15) is 9.18 Å². The van der Waals surface area contributed by atoms with Crippen LogP contribution < -0.4 is 4.90 Å². The number of para-hydroxylation sites is 1. The van der Waals surface area contributed by atoms with Crippen LogP contribution in [0, 0.1) is 11.7 Å². The van der Waals surface area contributed by atoms with Gasteiger partial charge in [0.1, 0.15) is 5.82 Å². The topological polar surface area (TPSA) is 33.2 Å². The van der Waals surface area contributed by atoms with E-state index in [0.29, 0.717) is 5.69 Å². The van der Waals surface area contributed by atoms with Gasteiger partial charge in [0.05, 0.1) is 23.1 Å². The average molecular weight is 334 g/mol. The van der Waals surface area contributed by atoms with Gasteiger partial charge in [0.25, 0.3) is 0 Å². The molecule has 1 atom stereocenters. The molecule has 25 heavy (non-hydrogen) atoms. The third-order valence-corrected chi connectivity index (χ3v) is 5.40. The van der Waals surface area contributed by atoms with E-state index in [-0.39, 0.29) is 17.6 Å². The Kier molecular flexibility index (Phi) is 3.39. The maximum Gasteiger partial charge on any atom is 0.235 e. The van der Waals surface area contributed by atoms with Gasteiger partial charge in [-0.1, -0.05) is 39.0 Å². The minimum Gasteiger partial charge on any atom is -0.279 e. The third-order valence-electron chi connectivity index (χ3n) is 5.40. The van der Waals surface area contributed by atoms with Crippen LogP contribution in [0.5, 0.6) is 0 Å². The van der Waals surface area contributed by atoms with Gasteiger partial charge in [-0.15, -0.1) is 0 Å². The minimum atomic E-state index is -0.435. The Morgan fingerprint density at radius 2 is 1.88 bits per heavy atom. The molecule has 4 heteroatoms. The molecule has 1 aliphatic heterocycles. The molecule has 1 amide bonds. The first-order valence-corrected chi connectivity index (χ1v) is 8.38. The van der Waals surface area contributed by atoms with Crippen molar-refractivity contribution in [2.75, 3.05) is 4.90 Å². The van der Waals surface area contributed by atoms with Crippen molar-refractivity contribution in [2.45, 2.75) is 26.2 Å². The zero-order valence-corrected chi connectivity index (χ0v) is 14.5. The fraction of sp³-hybridized carbons (Fsp3) is 0.238. The smallest absolute Gasteiger partial charge is 0.235 e. The number of aromatic nitrogens is 1. The van der Waals surface area contributed by atoms with Crippen LogP contribution >= 0.6 is 0 Å². The Morgan fingerprint density at radius 1 is 1.12 bits per heavy atom. The Bertz CT molecular complexity index is 996. The monoisotopic (exact) mass is 334 g/mol. The second kappa shape index (κ2) is 5.38. The van der Waals surface area contributed by atoms with Crippen molar-refractivity contribution in [1.82, 2.24) is 4.98 Å². The highest BCUT2D eigenvalue weighted by atomic mass is 19.1.